The van der Waals surface area contributed by atoms with Crippen LogP contribution < -0.4 is 4.74 Å². The first kappa shape index (κ1) is 13.5. The zero-order chi connectivity index (χ0) is 12.8. The number of carbonyl (C=O) groups is 1. The highest BCUT2D eigenvalue weighted by molar-refractivity contribution is 5.96. The molecule has 0 atom stereocenters. The van der Waals surface area contributed by atoms with Crippen molar-refractivity contribution in [2.24, 2.45) is 0 Å². The molecule has 0 heterocycles. The number of hydrogen-bond donors (Lipinski definition) is 0. The second kappa shape index (κ2) is 6.22. The van der Waals surface area contributed by atoms with Crippen LogP contribution in [-0.2, 0) is 0 Å². The molecular weight excluding hydrogens is 240 g/mol. The molecule has 0 bridgehead atoms. The van der Waals surface area contributed by atoms with Crippen molar-refractivity contribution in [2.45, 2.75) is 25.9 Å². The van der Waals surface area contributed by atoms with Gasteiger partial charge in [-0.2, -0.15) is 8.78 Å². The van der Waals surface area contributed by atoms with Gasteiger partial charge in [-0.1, -0.05) is 12.1 Å². The molecule has 1 aromatic rings. The van der Waals surface area contributed by atoms with Crippen LogP contribution >= 0.6 is 0 Å². The molecule has 0 amide bonds. The van der Waals surface area contributed by atoms with Gasteiger partial charge in [0, 0.05) is 18.4 Å². The summed E-state index contributed by atoms with van der Waals surface area (Å²) in [6.45, 7) is -2.98. The standard InChI is InChI=1S/C11H10F4O2/c12-10(13)5-4-9(16)7-2-1-3-8(6-7)17-11(14)15/h1-3,6,10-11H,4-5H2. The Kier molecular flexibility index (Phi) is 4.93. The highest BCUT2D eigenvalue weighted by atomic mass is 19.3. The average molecular weight is 250 g/mol. The molecule has 1 aromatic carbocycles. The second-order valence-corrected chi connectivity index (χ2v) is 3.26. The first-order chi connectivity index (χ1) is 7.99. The topological polar surface area (TPSA) is 26.3 Å². The van der Waals surface area contributed by atoms with Gasteiger partial charge in [0.15, 0.2) is 5.78 Å². The third-order valence-electron chi connectivity index (χ3n) is 1.97. The molecule has 0 aromatic heterocycles. The van der Waals surface area contributed by atoms with E-state index in [2.05, 4.69) is 4.74 Å². The summed E-state index contributed by atoms with van der Waals surface area (Å²) in [6.07, 6.45) is -3.42. The first-order valence-corrected chi connectivity index (χ1v) is 4.85. The van der Waals surface area contributed by atoms with Crippen molar-refractivity contribution in [2.75, 3.05) is 0 Å². The summed E-state index contributed by atoms with van der Waals surface area (Å²) in [5.74, 6) is -0.687. The Hall–Kier alpha value is -1.59. The van der Waals surface area contributed by atoms with E-state index in [9.17, 15) is 22.4 Å². The summed E-state index contributed by atoms with van der Waals surface area (Å²) >= 11 is 0. The van der Waals surface area contributed by atoms with Gasteiger partial charge in [-0.15, -0.1) is 0 Å². The number of benzene rings is 1. The highest BCUT2D eigenvalue weighted by Gasteiger charge is 2.12. The van der Waals surface area contributed by atoms with Crippen LogP contribution in [0.3, 0.4) is 0 Å². The summed E-state index contributed by atoms with van der Waals surface area (Å²) in [5.41, 5.74) is 0.0869. The predicted molar refractivity (Wildman–Crippen MR) is 52.6 cm³/mol. The number of halogens is 4. The van der Waals surface area contributed by atoms with Crippen molar-refractivity contribution in [1.82, 2.24) is 0 Å². The van der Waals surface area contributed by atoms with Gasteiger partial charge < -0.3 is 4.74 Å². The van der Waals surface area contributed by atoms with E-state index in [0.29, 0.717) is 0 Å². The van der Waals surface area contributed by atoms with Crippen LogP contribution in [0.15, 0.2) is 24.3 Å². The van der Waals surface area contributed by atoms with E-state index >= 15 is 0 Å². The number of ketones is 1. The van der Waals surface area contributed by atoms with Gasteiger partial charge in [0.05, 0.1) is 0 Å². The van der Waals surface area contributed by atoms with Crippen LogP contribution in [0.4, 0.5) is 17.6 Å². The van der Waals surface area contributed by atoms with Crippen molar-refractivity contribution < 1.29 is 27.1 Å². The molecule has 0 unspecified atom stereocenters. The predicted octanol–water partition coefficient (Wildman–Crippen LogP) is 3.52. The van der Waals surface area contributed by atoms with Crippen LogP contribution in [0.5, 0.6) is 5.75 Å². The summed E-state index contributed by atoms with van der Waals surface area (Å²) in [4.78, 5) is 11.4. The Labute approximate surface area is 95.2 Å². The maximum atomic E-state index is 11.9. The number of Topliss-reactive ketones (excluding diaryl/α,β-unsaturated/α-hetero) is 1. The van der Waals surface area contributed by atoms with Crippen LogP contribution in [0.2, 0.25) is 0 Å². The largest absolute Gasteiger partial charge is 0.435 e. The van der Waals surface area contributed by atoms with Crippen molar-refractivity contribution in [1.29, 1.82) is 0 Å². The molecule has 1 rings (SSSR count). The monoisotopic (exact) mass is 250 g/mol. The molecule has 0 spiro atoms. The Morgan fingerprint density at radius 3 is 2.53 bits per heavy atom. The van der Waals surface area contributed by atoms with Gasteiger partial charge in [0.25, 0.3) is 0 Å². The molecule has 6 heteroatoms. The Bertz CT molecular complexity index is 379. The molecule has 0 saturated heterocycles. The average Bonchev–Trinajstić information content (AvgIpc) is 2.25. The third kappa shape index (κ3) is 4.84. The van der Waals surface area contributed by atoms with Crippen molar-refractivity contribution in [3.8, 4) is 5.75 Å². The Morgan fingerprint density at radius 1 is 1.24 bits per heavy atom. The molecule has 0 aliphatic carbocycles. The quantitative estimate of drug-likeness (QED) is 0.570. The number of ether oxygens (including phenoxy) is 1. The van der Waals surface area contributed by atoms with Gasteiger partial charge in [0.2, 0.25) is 6.43 Å². The molecule has 0 N–H and O–H groups in total. The summed E-state index contributed by atoms with van der Waals surface area (Å²) < 4.78 is 51.7. The van der Waals surface area contributed by atoms with Crippen molar-refractivity contribution >= 4 is 5.78 Å². The van der Waals surface area contributed by atoms with E-state index < -0.39 is 25.2 Å². The lowest BCUT2D eigenvalue weighted by atomic mass is 10.1. The minimum atomic E-state index is -2.98. The maximum absolute atomic E-state index is 11.9. The molecule has 0 radical (unpaired) electrons. The molecule has 0 fully saturated rings. The van der Waals surface area contributed by atoms with Gasteiger partial charge in [-0.25, -0.2) is 8.78 Å². The van der Waals surface area contributed by atoms with E-state index in [1.165, 1.54) is 18.2 Å². The van der Waals surface area contributed by atoms with Gasteiger partial charge in [0.1, 0.15) is 5.75 Å². The van der Waals surface area contributed by atoms with E-state index in [0.717, 1.165) is 6.07 Å². The molecule has 0 saturated carbocycles. The smallest absolute Gasteiger partial charge is 0.387 e. The van der Waals surface area contributed by atoms with Crippen LogP contribution in [0.25, 0.3) is 0 Å². The SMILES string of the molecule is O=C(CCC(F)F)c1cccc(OC(F)F)c1. The second-order valence-electron chi connectivity index (χ2n) is 3.26. The van der Waals surface area contributed by atoms with Gasteiger partial charge in [-0.3, -0.25) is 4.79 Å². The molecule has 94 valence electrons. The van der Waals surface area contributed by atoms with Gasteiger partial charge in [-0.05, 0) is 12.1 Å². The zero-order valence-electron chi connectivity index (χ0n) is 8.71. The highest BCUT2D eigenvalue weighted by Crippen LogP contribution is 2.18. The maximum Gasteiger partial charge on any atom is 0.387 e. The van der Waals surface area contributed by atoms with Crippen LogP contribution in [0.1, 0.15) is 23.2 Å². The Balaban J connectivity index is 2.67. The third-order valence-corrected chi connectivity index (χ3v) is 1.97. The minimum absolute atomic E-state index is 0.0869. The summed E-state index contributed by atoms with van der Waals surface area (Å²) in [5, 5.41) is 0. The Morgan fingerprint density at radius 2 is 1.94 bits per heavy atom. The summed E-state index contributed by atoms with van der Waals surface area (Å²) in [7, 11) is 0. The van der Waals surface area contributed by atoms with E-state index in [1.807, 2.05) is 0 Å². The molecule has 2 nitrogen and oxygen atoms in total. The number of rotatable bonds is 6. The van der Waals surface area contributed by atoms with E-state index in [-0.39, 0.29) is 17.7 Å². The van der Waals surface area contributed by atoms with Crippen molar-refractivity contribution in [3.05, 3.63) is 29.8 Å². The minimum Gasteiger partial charge on any atom is -0.435 e. The van der Waals surface area contributed by atoms with Crippen LogP contribution in [0, 0.1) is 0 Å². The van der Waals surface area contributed by atoms with E-state index in [1.54, 1.807) is 0 Å². The van der Waals surface area contributed by atoms with Crippen molar-refractivity contribution in [3.63, 3.8) is 0 Å². The molecule has 0 aliphatic rings. The molecular formula is C11H10F4O2. The summed E-state index contributed by atoms with van der Waals surface area (Å²) in [6, 6.07) is 5.09. The lowest BCUT2D eigenvalue weighted by Crippen LogP contribution is -2.05. The lowest BCUT2D eigenvalue weighted by molar-refractivity contribution is -0.0498. The first-order valence-electron chi connectivity index (χ1n) is 4.85. The normalized spacial score (nSPS) is 10.9. The fourth-order valence-corrected chi connectivity index (χ4v) is 1.23. The van der Waals surface area contributed by atoms with Crippen LogP contribution in [-0.4, -0.2) is 18.8 Å². The number of alkyl halides is 4. The lowest BCUT2D eigenvalue weighted by Gasteiger charge is -2.06. The van der Waals surface area contributed by atoms with Gasteiger partial charge >= 0.3 is 6.61 Å². The zero-order valence-corrected chi connectivity index (χ0v) is 8.71. The fraction of sp³-hybridized carbons (Fsp3) is 0.364. The number of carbonyl (C=O) groups excluding carboxylic acids is 1. The van der Waals surface area contributed by atoms with E-state index in [4.69, 9.17) is 0 Å². The molecule has 0 aliphatic heterocycles. The fourth-order valence-electron chi connectivity index (χ4n) is 1.23. The number of hydrogen-bond acceptors (Lipinski definition) is 2. The molecule has 17 heavy (non-hydrogen) atoms.